The standard InChI is InChI=1S/ClHO4.Gd/c2-1(3,4)5;/h(H,2,3,4,5);. The maximum absolute atomic E-state index is 8.60. The molecule has 0 aliphatic heterocycles. The zero-order valence-electron chi connectivity index (χ0n) is 2.40. The van der Waals surface area contributed by atoms with Gasteiger partial charge in [-0.2, -0.15) is 14.0 Å². The molecule has 4 nitrogen and oxygen atoms in total. The molecule has 40 valence electrons. The Balaban J connectivity index is 0. The van der Waals surface area contributed by atoms with Gasteiger partial charge in [0.05, 0.1) is 14.9 Å². The molecule has 0 saturated heterocycles. The molecule has 0 amide bonds. The van der Waals surface area contributed by atoms with Crippen LogP contribution in [0.2, 0.25) is 0 Å². The summed E-state index contributed by atoms with van der Waals surface area (Å²) in [6.07, 6.45) is 0. The number of halogens is 1. The van der Waals surface area contributed by atoms with Crippen molar-refractivity contribution in [1.29, 1.82) is 0 Å². The van der Waals surface area contributed by atoms with Crippen LogP contribution in [0.5, 0.6) is 0 Å². The zero-order chi connectivity index (χ0) is 4.50. The van der Waals surface area contributed by atoms with Crippen LogP contribution in [0.1, 0.15) is 0 Å². The van der Waals surface area contributed by atoms with Crippen LogP contribution in [0, 0.1) is 50.2 Å². The summed E-state index contributed by atoms with van der Waals surface area (Å²) in [5.74, 6) is 0. The van der Waals surface area contributed by atoms with Crippen molar-refractivity contribution in [2.75, 3.05) is 0 Å². The fourth-order valence-corrected chi connectivity index (χ4v) is 0. The molecular weight excluding hydrogens is 257 g/mol. The van der Waals surface area contributed by atoms with E-state index in [0.717, 1.165) is 0 Å². The van der Waals surface area contributed by atoms with Crippen molar-refractivity contribution in [3.05, 3.63) is 0 Å². The Morgan fingerprint density at radius 1 is 1.17 bits per heavy atom. The van der Waals surface area contributed by atoms with Crippen molar-refractivity contribution in [3.8, 4) is 0 Å². The fourth-order valence-electron chi connectivity index (χ4n) is 0. The van der Waals surface area contributed by atoms with Gasteiger partial charge in [-0.25, -0.2) is 0 Å². The van der Waals surface area contributed by atoms with E-state index in [-0.39, 0.29) is 39.9 Å². The fraction of sp³-hybridized carbons (Fsp3) is 0. The van der Waals surface area contributed by atoms with Crippen LogP contribution < -0.4 is 14.0 Å². The number of rotatable bonds is 0. The largest absolute Gasteiger partial charge is 0.183 e. The molecule has 0 aromatic rings. The van der Waals surface area contributed by atoms with Crippen LogP contribution in [0.3, 0.4) is 0 Å². The smallest absolute Gasteiger partial charge is 0.0777 e. The summed E-state index contributed by atoms with van der Waals surface area (Å²) >= 11 is 0. The molecule has 6 heteroatoms. The topological polar surface area (TPSA) is 89.4 Å². The van der Waals surface area contributed by atoms with Crippen molar-refractivity contribution >= 4 is 0 Å². The molecule has 0 spiro atoms. The summed E-state index contributed by atoms with van der Waals surface area (Å²) in [5, 5.41) is 0. The van der Waals surface area contributed by atoms with Crippen LogP contribution in [-0.2, 0) is 0 Å². The molecule has 0 unspecified atom stereocenters. The van der Waals surface area contributed by atoms with E-state index >= 15 is 0 Å². The average Bonchev–Trinajstić information content (AvgIpc) is 0.722. The number of hydrogen-bond donors (Lipinski definition) is 1. The van der Waals surface area contributed by atoms with E-state index in [1.165, 1.54) is 0 Å². The van der Waals surface area contributed by atoms with Gasteiger partial charge < -0.3 is 0 Å². The summed E-state index contributed by atoms with van der Waals surface area (Å²) in [6, 6.07) is 0. The second-order valence-corrected chi connectivity index (χ2v) is 1.19. The Morgan fingerprint density at radius 3 is 1.17 bits per heavy atom. The third-order valence-corrected chi connectivity index (χ3v) is 0. The van der Waals surface area contributed by atoms with E-state index < -0.39 is 10.2 Å². The van der Waals surface area contributed by atoms with Crippen molar-refractivity contribution in [3.63, 3.8) is 0 Å². The van der Waals surface area contributed by atoms with Gasteiger partial charge in [0.15, 0.2) is 0 Å². The monoisotopic (exact) mass is 258 g/mol. The van der Waals surface area contributed by atoms with Gasteiger partial charge in [0.25, 0.3) is 0 Å². The van der Waals surface area contributed by atoms with Gasteiger partial charge in [-0.15, -0.1) is 0 Å². The van der Waals surface area contributed by atoms with Crippen molar-refractivity contribution < 1.29 is 68.8 Å². The van der Waals surface area contributed by atoms with E-state index in [4.69, 9.17) is 18.6 Å². The molecule has 0 aromatic heterocycles. The van der Waals surface area contributed by atoms with Gasteiger partial charge in [-0.05, 0) is 0 Å². The Labute approximate surface area is 68.2 Å². The first-order valence-electron chi connectivity index (χ1n) is 0.632. The minimum absolute atomic E-state index is 0. The van der Waals surface area contributed by atoms with Gasteiger partial charge in [0.1, 0.15) is 0 Å². The Bertz CT molecular complexity index is 23.0. The molecule has 0 atom stereocenters. The molecule has 6 heavy (non-hydrogen) atoms. The van der Waals surface area contributed by atoms with Crippen LogP contribution >= 0.6 is 0 Å². The maximum Gasteiger partial charge on any atom is 0.0777 e. The molecule has 0 bridgehead atoms. The normalized spacial score (nSPS) is 10.0. The second kappa shape index (κ2) is 3.46. The summed E-state index contributed by atoms with van der Waals surface area (Å²) < 4.78 is 32.7. The van der Waals surface area contributed by atoms with Crippen LogP contribution in [0.25, 0.3) is 0 Å². The molecular formula is HClGdO4. The van der Waals surface area contributed by atoms with Gasteiger partial charge in [-0.1, -0.05) is 0 Å². The molecule has 0 rings (SSSR count). The number of hydrogen-bond acceptors (Lipinski definition) is 4. The van der Waals surface area contributed by atoms with Crippen molar-refractivity contribution in [2.45, 2.75) is 0 Å². The molecule has 1 N–H and O–H groups in total. The first-order chi connectivity index (χ1) is 2.00. The molecule has 0 heterocycles. The van der Waals surface area contributed by atoms with Crippen LogP contribution in [0.15, 0.2) is 0 Å². The molecule has 0 saturated carbocycles. The first kappa shape index (κ1) is 10.4. The zero-order valence-corrected chi connectivity index (χ0v) is 5.43. The first-order valence-corrected chi connectivity index (χ1v) is 1.90. The predicted molar refractivity (Wildman–Crippen MR) is 2.22 cm³/mol. The van der Waals surface area contributed by atoms with E-state index in [2.05, 4.69) is 0 Å². The van der Waals surface area contributed by atoms with Gasteiger partial charge in [0, 0.05) is 39.9 Å². The van der Waals surface area contributed by atoms with E-state index in [0.29, 0.717) is 0 Å². The van der Waals surface area contributed by atoms with Crippen molar-refractivity contribution in [1.82, 2.24) is 0 Å². The summed E-state index contributed by atoms with van der Waals surface area (Å²) in [6.45, 7) is 0. The van der Waals surface area contributed by atoms with Gasteiger partial charge >= 0.3 is 0 Å². The van der Waals surface area contributed by atoms with E-state index in [9.17, 15) is 0 Å². The SMILES string of the molecule is [Gd].[O-][Cl+3]([O-])([O-])O. The minimum atomic E-state index is -4.69. The van der Waals surface area contributed by atoms with Crippen LogP contribution in [-0.4, -0.2) is 4.66 Å². The average molecular weight is 258 g/mol. The van der Waals surface area contributed by atoms with E-state index in [1.807, 2.05) is 0 Å². The van der Waals surface area contributed by atoms with Gasteiger partial charge in [0.2, 0.25) is 0 Å². The molecule has 0 aromatic carbocycles. The Kier molecular flexibility index (Phi) is 6.01. The Hall–Kier alpha value is 1.45. The minimum Gasteiger partial charge on any atom is -0.183 e. The molecule has 0 aliphatic carbocycles. The maximum atomic E-state index is 8.60. The summed E-state index contributed by atoms with van der Waals surface area (Å²) in [4.78, 5) is 0. The molecule has 0 radical (unpaired) electrons. The van der Waals surface area contributed by atoms with Gasteiger partial charge in [-0.3, -0.25) is 0 Å². The summed E-state index contributed by atoms with van der Waals surface area (Å²) in [7, 11) is -4.69. The third kappa shape index (κ3) is 51.2. The predicted octanol–water partition coefficient (Wildman–Crippen LogP) is -4.12. The molecule has 0 fully saturated rings. The Morgan fingerprint density at radius 2 is 1.17 bits per heavy atom. The van der Waals surface area contributed by atoms with Crippen LogP contribution in [0.4, 0.5) is 0 Å². The van der Waals surface area contributed by atoms with E-state index in [1.54, 1.807) is 0 Å². The molecule has 0 aliphatic rings. The third-order valence-electron chi connectivity index (χ3n) is 0. The second-order valence-electron chi connectivity index (χ2n) is 0.396. The van der Waals surface area contributed by atoms with Crippen molar-refractivity contribution in [2.24, 2.45) is 0 Å². The quantitative estimate of drug-likeness (QED) is 0.477. The summed E-state index contributed by atoms with van der Waals surface area (Å²) in [5.41, 5.74) is 0.